The number of rotatable bonds is 5. The Bertz CT molecular complexity index is 412. The molecular formula is C14H19BrFNOS. The van der Waals surface area contributed by atoms with Crippen LogP contribution in [0.5, 0.6) is 0 Å². The second-order valence-electron chi connectivity index (χ2n) is 4.59. The Morgan fingerprint density at radius 2 is 2.42 bits per heavy atom. The molecular weight excluding hydrogens is 329 g/mol. The molecule has 1 heterocycles. The first kappa shape index (κ1) is 15.3. The minimum Gasteiger partial charge on any atom is -0.375 e. The highest BCUT2D eigenvalue weighted by Gasteiger charge is 2.25. The lowest BCUT2D eigenvalue weighted by Crippen LogP contribution is -2.46. The van der Waals surface area contributed by atoms with Gasteiger partial charge in [0.15, 0.2) is 0 Å². The summed E-state index contributed by atoms with van der Waals surface area (Å²) in [4.78, 5) is 0. The molecule has 0 spiro atoms. The first-order valence-corrected chi connectivity index (χ1v) is 8.52. The van der Waals surface area contributed by atoms with E-state index < -0.39 is 0 Å². The Hall–Kier alpha value is -0.100. The lowest BCUT2D eigenvalue weighted by molar-refractivity contribution is 0.0475. The van der Waals surface area contributed by atoms with Crippen molar-refractivity contribution in [3.63, 3.8) is 0 Å². The molecule has 0 aliphatic carbocycles. The van der Waals surface area contributed by atoms with E-state index in [9.17, 15) is 4.39 Å². The number of hydrogen-bond donors (Lipinski definition) is 1. The molecule has 2 unspecified atom stereocenters. The quantitative estimate of drug-likeness (QED) is 0.883. The minimum absolute atomic E-state index is 0.188. The summed E-state index contributed by atoms with van der Waals surface area (Å²) in [6.07, 6.45) is 0.978. The van der Waals surface area contributed by atoms with Crippen LogP contribution in [0.4, 0.5) is 4.39 Å². The Kier molecular flexibility index (Phi) is 6.13. The highest BCUT2D eigenvalue weighted by molar-refractivity contribution is 9.10. The van der Waals surface area contributed by atoms with Crippen LogP contribution < -0.4 is 5.32 Å². The molecule has 0 radical (unpaired) electrons. The fourth-order valence-electron chi connectivity index (χ4n) is 2.27. The molecule has 1 saturated heterocycles. The topological polar surface area (TPSA) is 21.3 Å². The van der Waals surface area contributed by atoms with Gasteiger partial charge in [0.2, 0.25) is 0 Å². The number of benzene rings is 1. The third kappa shape index (κ3) is 4.45. The van der Waals surface area contributed by atoms with Crippen molar-refractivity contribution in [3.8, 4) is 0 Å². The van der Waals surface area contributed by atoms with Gasteiger partial charge in [-0.1, -0.05) is 22.9 Å². The normalized spacial score (nSPS) is 21.3. The Balaban J connectivity index is 2.08. The first-order chi connectivity index (χ1) is 9.20. The SMILES string of the molecule is CCNC(Cc1cc(F)ccc1Br)C1CSCCO1. The average Bonchev–Trinajstić information content (AvgIpc) is 2.43. The Labute approximate surface area is 126 Å². The smallest absolute Gasteiger partial charge is 0.123 e. The van der Waals surface area contributed by atoms with Crippen LogP contribution >= 0.6 is 27.7 Å². The number of ether oxygens (including phenoxy) is 1. The van der Waals surface area contributed by atoms with Crippen LogP contribution in [0.2, 0.25) is 0 Å². The van der Waals surface area contributed by atoms with E-state index in [4.69, 9.17) is 4.74 Å². The third-order valence-corrected chi connectivity index (χ3v) is 5.00. The summed E-state index contributed by atoms with van der Waals surface area (Å²) in [5.41, 5.74) is 0.991. The van der Waals surface area contributed by atoms with Gasteiger partial charge in [-0.25, -0.2) is 4.39 Å². The van der Waals surface area contributed by atoms with Crippen LogP contribution in [0.1, 0.15) is 12.5 Å². The predicted octanol–water partition coefficient (Wildman–Crippen LogP) is 3.24. The molecule has 0 saturated carbocycles. The zero-order chi connectivity index (χ0) is 13.7. The van der Waals surface area contributed by atoms with Crippen LogP contribution in [0.3, 0.4) is 0 Å². The summed E-state index contributed by atoms with van der Waals surface area (Å²) in [5.74, 6) is 1.89. The molecule has 106 valence electrons. The highest BCUT2D eigenvalue weighted by atomic mass is 79.9. The minimum atomic E-state index is -0.188. The van der Waals surface area contributed by atoms with E-state index in [0.717, 1.165) is 41.1 Å². The molecule has 1 N–H and O–H groups in total. The second kappa shape index (κ2) is 7.62. The largest absolute Gasteiger partial charge is 0.375 e. The zero-order valence-corrected chi connectivity index (χ0v) is 13.4. The maximum absolute atomic E-state index is 13.3. The molecule has 0 amide bonds. The van der Waals surface area contributed by atoms with E-state index >= 15 is 0 Å². The van der Waals surface area contributed by atoms with E-state index in [1.54, 1.807) is 12.1 Å². The van der Waals surface area contributed by atoms with Crippen molar-refractivity contribution in [2.45, 2.75) is 25.5 Å². The predicted molar refractivity (Wildman–Crippen MR) is 82.3 cm³/mol. The molecule has 2 atom stereocenters. The molecule has 0 aromatic heterocycles. The molecule has 5 heteroatoms. The molecule has 1 aliphatic rings. The van der Waals surface area contributed by atoms with Crippen LogP contribution in [-0.2, 0) is 11.2 Å². The number of likely N-dealkylation sites (N-methyl/N-ethyl adjacent to an activating group) is 1. The van der Waals surface area contributed by atoms with Gasteiger partial charge in [0.1, 0.15) is 5.82 Å². The van der Waals surface area contributed by atoms with Gasteiger partial charge in [-0.15, -0.1) is 0 Å². The monoisotopic (exact) mass is 347 g/mol. The molecule has 1 fully saturated rings. The third-order valence-electron chi connectivity index (χ3n) is 3.20. The summed E-state index contributed by atoms with van der Waals surface area (Å²) >= 11 is 5.42. The summed E-state index contributed by atoms with van der Waals surface area (Å²) in [6.45, 7) is 3.78. The number of nitrogens with one attached hydrogen (secondary N) is 1. The van der Waals surface area contributed by atoms with Crippen molar-refractivity contribution in [3.05, 3.63) is 34.1 Å². The fourth-order valence-corrected chi connectivity index (χ4v) is 3.62. The van der Waals surface area contributed by atoms with E-state index in [2.05, 4.69) is 28.2 Å². The molecule has 0 bridgehead atoms. The van der Waals surface area contributed by atoms with Crippen molar-refractivity contribution >= 4 is 27.7 Å². The van der Waals surface area contributed by atoms with Gasteiger partial charge >= 0.3 is 0 Å². The first-order valence-electron chi connectivity index (χ1n) is 6.57. The maximum atomic E-state index is 13.3. The van der Waals surface area contributed by atoms with Gasteiger partial charge in [0.25, 0.3) is 0 Å². The summed E-state index contributed by atoms with van der Waals surface area (Å²) in [6, 6.07) is 5.08. The zero-order valence-electron chi connectivity index (χ0n) is 11.0. The summed E-state index contributed by atoms with van der Waals surface area (Å²) in [7, 11) is 0. The van der Waals surface area contributed by atoms with Crippen molar-refractivity contribution in [2.24, 2.45) is 0 Å². The van der Waals surface area contributed by atoms with E-state index in [1.807, 2.05) is 11.8 Å². The van der Waals surface area contributed by atoms with Crippen molar-refractivity contribution in [2.75, 3.05) is 24.7 Å². The van der Waals surface area contributed by atoms with E-state index in [0.29, 0.717) is 0 Å². The summed E-state index contributed by atoms with van der Waals surface area (Å²) in [5, 5.41) is 3.47. The van der Waals surface area contributed by atoms with E-state index in [1.165, 1.54) is 6.07 Å². The number of thioether (sulfide) groups is 1. The van der Waals surface area contributed by atoms with Crippen molar-refractivity contribution in [1.82, 2.24) is 5.32 Å². The van der Waals surface area contributed by atoms with Crippen molar-refractivity contribution in [1.29, 1.82) is 0 Å². The van der Waals surface area contributed by atoms with Crippen molar-refractivity contribution < 1.29 is 9.13 Å². The number of halogens is 2. The Morgan fingerprint density at radius 3 is 3.11 bits per heavy atom. The lowest BCUT2D eigenvalue weighted by atomic mass is 10.0. The molecule has 2 rings (SSSR count). The van der Waals surface area contributed by atoms with Gasteiger partial charge < -0.3 is 10.1 Å². The van der Waals surface area contributed by atoms with Crippen LogP contribution in [0.25, 0.3) is 0 Å². The lowest BCUT2D eigenvalue weighted by Gasteiger charge is -2.31. The molecule has 19 heavy (non-hydrogen) atoms. The standard InChI is InChI=1S/C14H19BrFNOS/c1-2-17-13(14-9-19-6-5-18-14)8-10-7-11(16)3-4-12(10)15/h3-4,7,13-14,17H,2,5-6,8-9H2,1H3. The van der Waals surface area contributed by atoms with Crippen LogP contribution in [0.15, 0.2) is 22.7 Å². The van der Waals surface area contributed by atoms with Crippen LogP contribution in [0, 0.1) is 5.82 Å². The highest BCUT2D eigenvalue weighted by Crippen LogP contribution is 2.23. The molecule has 1 aliphatic heterocycles. The fraction of sp³-hybridized carbons (Fsp3) is 0.571. The van der Waals surface area contributed by atoms with Gasteiger partial charge in [-0.3, -0.25) is 0 Å². The Morgan fingerprint density at radius 1 is 1.58 bits per heavy atom. The molecule has 2 nitrogen and oxygen atoms in total. The molecule has 1 aromatic carbocycles. The second-order valence-corrected chi connectivity index (χ2v) is 6.59. The maximum Gasteiger partial charge on any atom is 0.123 e. The van der Waals surface area contributed by atoms with Crippen LogP contribution in [-0.4, -0.2) is 36.8 Å². The van der Waals surface area contributed by atoms with E-state index in [-0.39, 0.29) is 18.0 Å². The van der Waals surface area contributed by atoms with Gasteiger partial charge in [0, 0.05) is 22.0 Å². The van der Waals surface area contributed by atoms with Gasteiger partial charge in [0.05, 0.1) is 12.7 Å². The molecule has 1 aromatic rings. The van der Waals surface area contributed by atoms with Gasteiger partial charge in [-0.2, -0.15) is 11.8 Å². The average molecular weight is 348 g/mol. The number of hydrogen-bond acceptors (Lipinski definition) is 3. The summed E-state index contributed by atoms with van der Waals surface area (Å²) < 4.78 is 20.2. The van der Waals surface area contributed by atoms with Gasteiger partial charge in [-0.05, 0) is 36.7 Å².